The molecular weight excluding hydrogens is 574 g/mol. The van der Waals surface area contributed by atoms with E-state index in [1.807, 2.05) is 0 Å². The van der Waals surface area contributed by atoms with Crippen molar-refractivity contribution < 1.29 is 31.5 Å². The van der Waals surface area contributed by atoms with Gasteiger partial charge in [-0.15, -0.1) is 0 Å². The molecule has 4 aliphatic rings. The van der Waals surface area contributed by atoms with E-state index in [4.69, 9.17) is 21.1 Å². The summed E-state index contributed by atoms with van der Waals surface area (Å²) in [6.07, 6.45) is 5.51. The number of hydrogen-bond acceptors (Lipinski definition) is 6. The summed E-state index contributed by atoms with van der Waals surface area (Å²) in [5.74, 6) is -2.12. The van der Waals surface area contributed by atoms with Crippen LogP contribution in [0.1, 0.15) is 63.4 Å². The molecule has 3 fully saturated rings. The molecular formula is C30H35ClF2N2O5S. The third kappa shape index (κ3) is 5.31. The van der Waals surface area contributed by atoms with Gasteiger partial charge in [0.25, 0.3) is 0 Å². The van der Waals surface area contributed by atoms with Crippen molar-refractivity contribution in [1.82, 2.24) is 9.80 Å². The second-order valence-electron chi connectivity index (χ2n) is 11.8. The first-order chi connectivity index (χ1) is 19.6. The van der Waals surface area contributed by atoms with Crippen LogP contribution in [0.15, 0.2) is 41.3 Å². The zero-order chi connectivity index (χ0) is 28.8. The van der Waals surface area contributed by atoms with E-state index in [1.54, 1.807) is 4.90 Å². The standard InChI is InChI=1S/C30H35ClF2N2O5S/c31-21-4-6-23(7-5-21)41(37,38)30(14-19-39-27-25(33)9-8-24(32)26(27)30)20-29(12-13-29)40-28(36)35-17-10-22(11-18-35)34-15-2-1-3-16-34/h4-9,22H,1-3,10-20H2. The Hall–Kier alpha value is -2.43. The number of carbonyl (C=O) groups is 1. The fourth-order valence-electron chi connectivity index (χ4n) is 6.84. The quantitative estimate of drug-likeness (QED) is 0.396. The van der Waals surface area contributed by atoms with Gasteiger partial charge < -0.3 is 19.3 Å². The van der Waals surface area contributed by atoms with Crippen LogP contribution in [0.3, 0.4) is 0 Å². The van der Waals surface area contributed by atoms with E-state index in [0.717, 1.165) is 38.1 Å². The second-order valence-corrected chi connectivity index (χ2v) is 14.5. The third-order valence-corrected chi connectivity index (χ3v) is 12.0. The minimum atomic E-state index is -4.32. The Morgan fingerprint density at radius 1 is 0.951 bits per heavy atom. The highest BCUT2D eigenvalue weighted by molar-refractivity contribution is 7.92. The number of likely N-dealkylation sites (tertiary alicyclic amines) is 2. The Morgan fingerprint density at radius 3 is 2.27 bits per heavy atom. The first-order valence-corrected chi connectivity index (χ1v) is 16.3. The van der Waals surface area contributed by atoms with Gasteiger partial charge in [-0.1, -0.05) is 18.0 Å². The highest BCUT2D eigenvalue weighted by Crippen LogP contribution is 2.57. The van der Waals surface area contributed by atoms with Crippen LogP contribution in [0, 0.1) is 11.6 Å². The van der Waals surface area contributed by atoms with Crippen LogP contribution < -0.4 is 4.74 Å². The van der Waals surface area contributed by atoms with E-state index in [0.29, 0.717) is 37.0 Å². The van der Waals surface area contributed by atoms with Crippen LogP contribution in [0.2, 0.25) is 5.02 Å². The minimum Gasteiger partial charge on any atom is -0.490 e. The van der Waals surface area contributed by atoms with Crippen molar-refractivity contribution >= 4 is 27.5 Å². The van der Waals surface area contributed by atoms with Crippen LogP contribution >= 0.6 is 11.6 Å². The van der Waals surface area contributed by atoms with Crippen molar-refractivity contribution in [2.75, 3.05) is 32.8 Å². The predicted octanol–water partition coefficient (Wildman–Crippen LogP) is 6.08. The molecule has 1 aliphatic carbocycles. The summed E-state index contributed by atoms with van der Waals surface area (Å²) in [5.41, 5.74) is -1.45. The molecule has 3 aliphatic heterocycles. The second kappa shape index (κ2) is 11.0. The molecule has 3 heterocycles. The lowest BCUT2D eigenvalue weighted by Crippen LogP contribution is -2.50. The lowest BCUT2D eigenvalue weighted by Gasteiger charge is -2.42. The SMILES string of the molecule is O=C(OC1(CC2(S(=O)(=O)c3ccc(Cl)cc3)CCOc3c(F)ccc(F)c32)CC1)N1CCC(N2CCCCC2)CC1. The monoisotopic (exact) mass is 608 g/mol. The van der Waals surface area contributed by atoms with E-state index in [1.165, 1.54) is 43.5 Å². The van der Waals surface area contributed by atoms with Crippen LogP contribution in [-0.2, 0) is 19.3 Å². The molecule has 1 amide bonds. The molecule has 222 valence electrons. The van der Waals surface area contributed by atoms with Gasteiger partial charge in [-0.2, -0.15) is 0 Å². The summed E-state index contributed by atoms with van der Waals surface area (Å²) in [7, 11) is -4.32. The smallest absolute Gasteiger partial charge is 0.410 e. The minimum absolute atomic E-state index is 0.0691. The zero-order valence-corrected chi connectivity index (χ0v) is 24.5. The van der Waals surface area contributed by atoms with Gasteiger partial charge in [0.1, 0.15) is 16.2 Å². The van der Waals surface area contributed by atoms with Crippen LogP contribution in [-0.4, -0.2) is 68.7 Å². The molecule has 0 bridgehead atoms. The van der Waals surface area contributed by atoms with Gasteiger partial charge in [0.15, 0.2) is 21.4 Å². The van der Waals surface area contributed by atoms with Crippen molar-refractivity contribution in [2.24, 2.45) is 0 Å². The summed E-state index contributed by atoms with van der Waals surface area (Å²) in [6.45, 7) is 3.21. The third-order valence-electron chi connectivity index (χ3n) is 9.25. The first kappa shape index (κ1) is 28.7. The van der Waals surface area contributed by atoms with Crippen LogP contribution in [0.4, 0.5) is 13.6 Å². The summed E-state index contributed by atoms with van der Waals surface area (Å²) in [5, 5.41) is 0.347. The zero-order valence-electron chi connectivity index (χ0n) is 22.9. The summed E-state index contributed by atoms with van der Waals surface area (Å²) >= 11 is 6.02. The lowest BCUT2D eigenvalue weighted by molar-refractivity contribution is 0.0222. The number of rotatable bonds is 6. The number of halogens is 3. The van der Waals surface area contributed by atoms with E-state index in [2.05, 4.69) is 4.90 Å². The van der Waals surface area contributed by atoms with Gasteiger partial charge in [0.05, 0.1) is 17.1 Å². The van der Waals surface area contributed by atoms with Gasteiger partial charge in [-0.3, -0.25) is 0 Å². The topological polar surface area (TPSA) is 76.1 Å². The van der Waals surface area contributed by atoms with E-state index in [-0.39, 0.29) is 29.9 Å². The Bertz CT molecular complexity index is 1400. The normalized spacial score (nSPS) is 24.8. The number of carbonyl (C=O) groups excluding carboxylic acids is 1. The predicted molar refractivity (Wildman–Crippen MR) is 150 cm³/mol. The Labute approximate surface area is 244 Å². The molecule has 0 spiro atoms. The lowest BCUT2D eigenvalue weighted by atomic mass is 9.85. The highest BCUT2D eigenvalue weighted by Gasteiger charge is 2.61. The maximum Gasteiger partial charge on any atom is 0.410 e. The molecule has 1 saturated carbocycles. The number of amides is 1. The number of benzene rings is 2. The molecule has 2 saturated heterocycles. The van der Waals surface area contributed by atoms with Crippen LogP contribution in [0.25, 0.3) is 0 Å². The molecule has 6 rings (SSSR count). The molecule has 2 aromatic rings. The molecule has 0 aromatic heterocycles. The summed E-state index contributed by atoms with van der Waals surface area (Å²) < 4.78 is 68.9. The van der Waals surface area contributed by atoms with Crippen LogP contribution in [0.5, 0.6) is 5.75 Å². The van der Waals surface area contributed by atoms with Crippen molar-refractivity contribution in [1.29, 1.82) is 0 Å². The molecule has 1 unspecified atom stereocenters. The van der Waals surface area contributed by atoms with Gasteiger partial charge in [-0.25, -0.2) is 22.0 Å². The largest absolute Gasteiger partial charge is 0.490 e. The van der Waals surface area contributed by atoms with Gasteiger partial charge in [0.2, 0.25) is 0 Å². The number of sulfone groups is 1. The van der Waals surface area contributed by atoms with Gasteiger partial charge in [0, 0.05) is 37.0 Å². The maximum absolute atomic E-state index is 15.5. The molecule has 1 atom stereocenters. The number of nitrogens with zero attached hydrogens (tertiary/aromatic N) is 2. The number of fused-ring (bicyclic) bond motifs is 1. The van der Waals surface area contributed by atoms with Gasteiger partial charge in [-0.05, 0) is 88.0 Å². The van der Waals surface area contributed by atoms with Crippen molar-refractivity contribution in [3.05, 3.63) is 58.6 Å². The average molecular weight is 609 g/mol. The summed E-state index contributed by atoms with van der Waals surface area (Å²) in [6, 6.07) is 7.94. The highest BCUT2D eigenvalue weighted by atomic mass is 35.5. The molecule has 0 N–H and O–H groups in total. The van der Waals surface area contributed by atoms with E-state index < -0.39 is 43.7 Å². The Balaban J connectivity index is 1.28. The van der Waals surface area contributed by atoms with Gasteiger partial charge >= 0.3 is 6.09 Å². The van der Waals surface area contributed by atoms with E-state index >= 15 is 4.39 Å². The number of piperidine rings is 2. The van der Waals surface area contributed by atoms with Crippen molar-refractivity contribution in [3.63, 3.8) is 0 Å². The number of hydrogen-bond donors (Lipinski definition) is 0. The molecule has 11 heteroatoms. The first-order valence-electron chi connectivity index (χ1n) is 14.5. The summed E-state index contributed by atoms with van der Waals surface area (Å²) in [4.78, 5) is 17.5. The fourth-order valence-corrected chi connectivity index (χ4v) is 9.18. The maximum atomic E-state index is 15.5. The number of ether oxygens (including phenoxy) is 2. The van der Waals surface area contributed by atoms with E-state index in [9.17, 15) is 17.6 Å². The molecule has 0 radical (unpaired) electrons. The average Bonchev–Trinajstić information content (AvgIpc) is 3.74. The Kier molecular flexibility index (Phi) is 7.70. The Morgan fingerprint density at radius 2 is 1.61 bits per heavy atom. The van der Waals surface area contributed by atoms with Crippen molar-refractivity contribution in [2.45, 2.75) is 79.1 Å². The van der Waals surface area contributed by atoms with Crippen molar-refractivity contribution in [3.8, 4) is 5.75 Å². The molecule has 2 aromatic carbocycles. The fraction of sp³-hybridized carbons (Fsp3) is 0.567. The molecule has 41 heavy (non-hydrogen) atoms. The molecule has 7 nitrogen and oxygen atoms in total.